The molecule has 0 aliphatic heterocycles. The number of hydrogen-bond acceptors (Lipinski definition) is 4. The molecule has 0 spiro atoms. The van der Waals surface area contributed by atoms with Crippen molar-refractivity contribution in [3.63, 3.8) is 0 Å². The molecule has 0 aliphatic rings. The van der Waals surface area contributed by atoms with E-state index in [1.165, 1.54) is 26.7 Å². The van der Waals surface area contributed by atoms with Gasteiger partial charge in [-0.1, -0.05) is 0 Å². The summed E-state index contributed by atoms with van der Waals surface area (Å²) in [5.41, 5.74) is 3.74. The molecule has 0 bridgehead atoms. The van der Waals surface area contributed by atoms with Crippen molar-refractivity contribution in [1.29, 1.82) is 0 Å². The van der Waals surface area contributed by atoms with Gasteiger partial charge in [0.15, 0.2) is 0 Å². The zero-order valence-electron chi connectivity index (χ0n) is 9.89. The van der Waals surface area contributed by atoms with Gasteiger partial charge in [-0.25, -0.2) is 0 Å². The molecule has 0 unspecified atom stereocenters. The van der Waals surface area contributed by atoms with Crippen LogP contribution in [0.25, 0.3) is 0 Å². The van der Waals surface area contributed by atoms with Crippen LogP contribution in [0.3, 0.4) is 0 Å². The van der Waals surface area contributed by atoms with Crippen LogP contribution in [0, 0.1) is 6.92 Å². The molecule has 2 N–H and O–H groups in total. The van der Waals surface area contributed by atoms with Crippen LogP contribution in [0.15, 0.2) is 15.9 Å². The van der Waals surface area contributed by atoms with Gasteiger partial charge in [0.1, 0.15) is 0 Å². The van der Waals surface area contributed by atoms with Crippen molar-refractivity contribution in [1.82, 2.24) is 0 Å². The minimum atomic E-state index is 1.23. The highest BCUT2D eigenvalue weighted by Crippen LogP contribution is 2.39. The van der Waals surface area contributed by atoms with Crippen LogP contribution < -0.4 is 10.6 Å². The highest BCUT2D eigenvalue weighted by atomic mass is 32.2. The minimum absolute atomic E-state index is 1.23. The Morgan fingerprint density at radius 1 is 0.933 bits per heavy atom. The summed E-state index contributed by atoms with van der Waals surface area (Å²) in [5, 5.41) is 6.54. The minimum Gasteiger partial charge on any atom is -0.387 e. The Hall–Kier alpha value is -0.480. The molecule has 0 amide bonds. The van der Waals surface area contributed by atoms with E-state index in [1.807, 2.05) is 14.1 Å². The van der Waals surface area contributed by atoms with Gasteiger partial charge in [0.2, 0.25) is 0 Å². The lowest BCUT2D eigenvalue weighted by atomic mass is 10.1. The van der Waals surface area contributed by atoms with Gasteiger partial charge >= 0.3 is 0 Å². The molecule has 0 atom stereocenters. The van der Waals surface area contributed by atoms with Crippen molar-refractivity contribution >= 4 is 34.9 Å². The molecule has 0 aromatic heterocycles. The number of rotatable bonds is 4. The summed E-state index contributed by atoms with van der Waals surface area (Å²) in [4.78, 5) is 2.61. The van der Waals surface area contributed by atoms with Crippen LogP contribution in [-0.4, -0.2) is 26.6 Å². The van der Waals surface area contributed by atoms with E-state index < -0.39 is 0 Å². The number of nitrogens with one attached hydrogen (secondary N) is 2. The molecular weight excluding hydrogens is 224 g/mol. The number of anilines is 2. The van der Waals surface area contributed by atoms with E-state index in [1.54, 1.807) is 23.5 Å². The van der Waals surface area contributed by atoms with Gasteiger partial charge in [-0.15, -0.1) is 23.5 Å². The first-order chi connectivity index (χ1) is 7.19. The zero-order chi connectivity index (χ0) is 11.4. The Morgan fingerprint density at radius 3 is 1.60 bits per heavy atom. The van der Waals surface area contributed by atoms with Gasteiger partial charge in [-0.3, -0.25) is 0 Å². The standard InChI is InChI=1S/C11H18N2S2/c1-7-10(12-2)8(14-4)6-9(15-5)11(7)13-3/h6,12-13H,1-5H3. The largest absolute Gasteiger partial charge is 0.387 e. The monoisotopic (exact) mass is 242 g/mol. The van der Waals surface area contributed by atoms with E-state index >= 15 is 0 Å². The zero-order valence-corrected chi connectivity index (χ0v) is 11.5. The van der Waals surface area contributed by atoms with Gasteiger partial charge in [-0.2, -0.15) is 0 Å². The van der Waals surface area contributed by atoms with Crippen molar-refractivity contribution in [2.75, 3.05) is 37.2 Å². The van der Waals surface area contributed by atoms with E-state index in [0.717, 1.165) is 0 Å². The smallest absolute Gasteiger partial charge is 0.0526 e. The number of benzene rings is 1. The molecule has 0 saturated heterocycles. The highest BCUT2D eigenvalue weighted by molar-refractivity contribution is 7.99. The lowest BCUT2D eigenvalue weighted by Gasteiger charge is -2.18. The molecular formula is C11H18N2S2. The lowest BCUT2D eigenvalue weighted by Crippen LogP contribution is -2.01. The Balaban J connectivity index is 3.41. The normalized spacial score (nSPS) is 10.2. The molecule has 0 saturated carbocycles. The molecule has 15 heavy (non-hydrogen) atoms. The van der Waals surface area contributed by atoms with Crippen molar-refractivity contribution in [2.24, 2.45) is 0 Å². The van der Waals surface area contributed by atoms with Crippen molar-refractivity contribution in [3.05, 3.63) is 11.6 Å². The van der Waals surface area contributed by atoms with E-state index in [9.17, 15) is 0 Å². The van der Waals surface area contributed by atoms with Crippen molar-refractivity contribution < 1.29 is 0 Å². The van der Waals surface area contributed by atoms with Gasteiger partial charge in [0.25, 0.3) is 0 Å². The van der Waals surface area contributed by atoms with E-state index in [2.05, 4.69) is 36.1 Å². The van der Waals surface area contributed by atoms with Gasteiger partial charge in [0.05, 0.1) is 11.4 Å². The van der Waals surface area contributed by atoms with E-state index in [-0.39, 0.29) is 0 Å². The Bertz CT molecular complexity index is 321. The van der Waals surface area contributed by atoms with Crippen molar-refractivity contribution in [3.8, 4) is 0 Å². The van der Waals surface area contributed by atoms with Gasteiger partial charge in [0, 0.05) is 23.9 Å². The third-order valence-electron chi connectivity index (χ3n) is 2.44. The predicted octanol–water partition coefficient (Wildman–Crippen LogP) is 3.52. The van der Waals surface area contributed by atoms with E-state index in [0.29, 0.717) is 0 Å². The maximum Gasteiger partial charge on any atom is 0.0526 e. The molecule has 2 nitrogen and oxygen atoms in total. The average Bonchev–Trinajstić information content (AvgIpc) is 2.27. The first kappa shape index (κ1) is 12.6. The van der Waals surface area contributed by atoms with Crippen LogP contribution in [0.1, 0.15) is 5.56 Å². The molecule has 0 aliphatic carbocycles. The summed E-state index contributed by atoms with van der Waals surface area (Å²) in [6, 6.07) is 2.24. The quantitative estimate of drug-likeness (QED) is 0.789. The molecule has 0 fully saturated rings. The summed E-state index contributed by atoms with van der Waals surface area (Å²) < 4.78 is 0. The van der Waals surface area contributed by atoms with Crippen molar-refractivity contribution in [2.45, 2.75) is 16.7 Å². The number of hydrogen-bond donors (Lipinski definition) is 2. The molecule has 84 valence electrons. The second kappa shape index (κ2) is 5.56. The fourth-order valence-corrected chi connectivity index (χ4v) is 3.17. The third-order valence-corrected chi connectivity index (χ3v) is 3.97. The maximum absolute atomic E-state index is 3.27. The molecule has 4 heteroatoms. The van der Waals surface area contributed by atoms with Crippen LogP contribution in [0.4, 0.5) is 11.4 Å². The molecule has 1 aromatic carbocycles. The maximum atomic E-state index is 3.27. The molecule has 1 aromatic rings. The van der Waals surface area contributed by atoms with Crippen LogP contribution in [0.2, 0.25) is 0 Å². The Morgan fingerprint density at radius 2 is 1.33 bits per heavy atom. The first-order valence-corrected chi connectivity index (χ1v) is 7.25. The highest BCUT2D eigenvalue weighted by Gasteiger charge is 2.12. The molecule has 0 heterocycles. The first-order valence-electron chi connectivity index (χ1n) is 4.80. The van der Waals surface area contributed by atoms with Gasteiger partial charge < -0.3 is 10.6 Å². The fraction of sp³-hybridized carbons (Fsp3) is 0.455. The average molecular weight is 242 g/mol. The van der Waals surface area contributed by atoms with E-state index in [4.69, 9.17) is 0 Å². The van der Waals surface area contributed by atoms with Crippen LogP contribution in [0.5, 0.6) is 0 Å². The lowest BCUT2D eigenvalue weighted by molar-refractivity contribution is 1.23. The third kappa shape index (κ3) is 2.37. The fourth-order valence-electron chi connectivity index (χ4n) is 1.70. The molecule has 0 radical (unpaired) electrons. The second-order valence-electron chi connectivity index (χ2n) is 3.16. The van der Waals surface area contributed by atoms with Crippen LogP contribution >= 0.6 is 23.5 Å². The number of thioether (sulfide) groups is 2. The predicted molar refractivity (Wildman–Crippen MR) is 73.8 cm³/mol. The van der Waals surface area contributed by atoms with Gasteiger partial charge in [-0.05, 0) is 31.1 Å². The Labute approximate surface area is 101 Å². The second-order valence-corrected chi connectivity index (χ2v) is 4.85. The van der Waals surface area contributed by atoms with Crippen LogP contribution in [-0.2, 0) is 0 Å². The summed E-state index contributed by atoms with van der Waals surface area (Å²) in [6.07, 6.45) is 4.22. The summed E-state index contributed by atoms with van der Waals surface area (Å²) in [7, 11) is 3.94. The summed E-state index contributed by atoms with van der Waals surface area (Å²) >= 11 is 3.56. The molecule has 1 rings (SSSR count). The SMILES string of the molecule is CNc1c(SC)cc(SC)c(NC)c1C. The summed E-state index contributed by atoms with van der Waals surface area (Å²) in [6.45, 7) is 2.15. The topological polar surface area (TPSA) is 24.1 Å². The Kier molecular flexibility index (Phi) is 4.67. The summed E-state index contributed by atoms with van der Waals surface area (Å²) in [5.74, 6) is 0.